The van der Waals surface area contributed by atoms with Gasteiger partial charge in [0.2, 0.25) is 4.80 Å². The van der Waals surface area contributed by atoms with E-state index >= 15 is 0 Å². The maximum atomic E-state index is 4.39. The molecule has 2 aromatic carbocycles. The highest BCUT2D eigenvalue weighted by Gasteiger charge is 2.01. The van der Waals surface area contributed by atoms with Gasteiger partial charge in [-0.15, -0.1) is 5.10 Å². The molecule has 0 spiro atoms. The van der Waals surface area contributed by atoms with E-state index in [9.17, 15) is 0 Å². The lowest BCUT2D eigenvalue weighted by Gasteiger charge is -1.96. The number of benzene rings is 2. The number of fused-ring (bicyclic) bond motifs is 1. The second-order valence-corrected chi connectivity index (χ2v) is 5.57. The van der Waals surface area contributed by atoms with Crippen molar-refractivity contribution in [2.45, 2.75) is 6.92 Å². The number of hydrogen-bond acceptors (Lipinski definition) is 3. The largest absolute Gasteiger partial charge is 0.318 e. The molecule has 0 aliphatic carbocycles. The molecule has 0 saturated carbocycles. The molecule has 3 nitrogen and oxygen atoms in total. The van der Waals surface area contributed by atoms with Crippen molar-refractivity contribution >= 4 is 27.3 Å². The van der Waals surface area contributed by atoms with Gasteiger partial charge in [-0.2, -0.15) is 5.10 Å². The van der Waals surface area contributed by atoms with Crippen molar-refractivity contribution in [2.24, 2.45) is 17.3 Å². The first-order valence-electron chi connectivity index (χ1n) is 6.44. The molecule has 0 aliphatic heterocycles. The van der Waals surface area contributed by atoms with Gasteiger partial charge in [0.05, 0.1) is 15.9 Å². The highest BCUT2D eigenvalue weighted by Crippen LogP contribution is 2.15. The van der Waals surface area contributed by atoms with Gasteiger partial charge in [-0.1, -0.05) is 53.8 Å². The van der Waals surface area contributed by atoms with Gasteiger partial charge in [0.25, 0.3) is 0 Å². The third kappa shape index (κ3) is 2.42. The maximum Gasteiger partial charge on any atom is 0.211 e. The molecule has 1 heterocycles. The number of rotatable bonds is 2. The molecular weight excluding hydrogens is 266 g/mol. The number of thiazole rings is 1. The van der Waals surface area contributed by atoms with Gasteiger partial charge in [0.15, 0.2) is 0 Å². The molecule has 0 radical (unpaired) electrons. The Kier molecular flexibility index (Phi) is 3.48. The molecule has 1 aromatic heterocycles. The first kappa shape index (κ1) is 12.8. The van der Waals surface area contributed by atoms with Crippen LogP contribution in [0.2, 0.25) is 0 Å². The van der Waals surface area contributed by atoms with Crippen molar-refractivity contribution in [3.63, 3.8) is 0 Å². The van der Waals surface area contributed by atoms with Crippen LogP contribution in [0.1, 0.15) is 12.5 Å². The highest BCUT2D eigenvalue weighted by atomic mass is 32.1. The van der Waals surface area contributed by atoms with Gasteiger partial charge in [-0.3, -0.25) is 0 Å². The Morgan fingerprint density at radius 1 is 1.00 bits per heavy atom. The number of aromatic nitrogens is 1. The van der Waals surface area contributed by atoms with Crippen LogP contribution in [0.15, 0.2) is 64.8 Å². The summed E-state index contributed by atoms with van der Waals surface area (Å²) in [5, 5.41) is 8.74. The molecule has 0 bridgehead atoms. The minimum Gasteiger partial charge on any atom is -0.318 e. The van der Waals surface area contributed by atoms with E-state index < -0.39 is 0 Å². The summed E-state index contributed by atoms with van der Waals surface area (Å²) < 4.78 is 3.29. The fourth-order valence-electron chi connectivity index (χ4n) is 2.03. The van der Waals surface area contributed by atoms with Gasteiger partial charge < -0.3 is 4.57 Å². The van der Waals surface area contributed by atoms with Gasteiger partial charge in [-0.05, 0) is 24.6 Å². The fourth-order valence-corrected chi connectivity index (χ4v) is 3.00. The van der Waals surface area contributed by atoms with Crippen LogP contribution in [-0.4, -0.2) is 10.3 Å². The molecule has 3 aromatic rings. The molecule has 4 heteroatoms. The summed E-state index contributed by atoms with van der Waals surface area (Å²) in [4.78, 5) is 0.904. The average Bonchev–Trinajstić information content (AvgIpc) is 2.83. The van der Waals surface area contributed by atoms with E-state index in [2.05, 4.69) is 26.9 Å². The Morgan fingerprint density at radius 3 is 2.45 bits per heavy atom. The van der Waals surface area contributed by atoms with Crippen LogP contribution in [-0.2, 0) is 7.05 Å². The van der Waals surface area contributed by atoms with Crippen molar-refractivity contribution in [3.05, 3.63) is 65.0 Å². The molecule has 0 N–H and O–H groups in total. The summed E-state index contributed by atoms with van der Waals surface area (Å²) in [6.07, 6.45) is 0. The van der Waals surface area contributed by atoms with Crippen molar-refractivity contribution in [3.8, 4) is 0 Å². The van der Waals surface area contributed by atoms with Crippen LogP contribution in [0.5, 0.6) is 0 Å². The number of hydrogen-bond donors (Lipinski definition) is 0. The van der Waals surface area contributed by atoms with Gasteiger partial charge in [0, 0.05) is 7.05 Å². The number of aryl methyl sites for hydroxylation is 1. The summed E-state index contributed by atoms with van der Waals surface area (Å²) in [6.45, 7) is 1.98. The van der Waals surface area contributed by atoms with Crippen molar-refractivity contribution in [1.82, 2.24) is 4.57 Å². The van der Waals surface area contributed by atoms with Gasteiger partial charge >= 0.3 is 0 Å². The zero-order valence-electron chi connectivity index (χ0n) is 11.4. The second-order valence-electron chi connectivity index (χ2n) is 4.56. The first-order chi connectivity index (χ1) is 9.75. The molecule has 100 valence electrons. The molecule has 3 rings (SSSR count). The molecule has 0 fully saturated rings. The lowest BCUT2D eigenvalue weighted by atomic mass is 10.1. The molecular formula is C16H15N3S. The monoisotopic (exact) mass is 281 g/mol. The third-order valence-corrected chi connectivity index (χ3v) is 4.30. The standard InChI is InChI=1S/C16H15N3S/c1-12(13-8-4-3-5-9-13)17-18-16-19(2)14-10-6-7-11-15(14)20-16/h3-11H,1-2H3/b17-12+,18-16-. The van der Waals surface area contributed by atoms with Crippen LogP contribution >= 0.6 is 11.3 Å². The quantitative estimate of drug-likeness (QED) is 0.508. The minimum absolute atomic E-state index is 0.904. The lowest BCUT2D eigenvalue weighted by Crippen LogP contribution is -2.09. The smallest absolute Gasteiger partial charge is 0.211 e. The van der Waals surface area contributed by atoms with Crippen LogP contribution in [0.4, 0.5) is 0 Å². The normalized spacial score (nSPS) is 13.1. The van der Waals surface area contributed by atoms with E-state index in [1.165, 1.54) is 10.2 Å². The summed E-state index contributed by atoms with van der Waals surface area (Å²) in [7, 11) is 2.02. The van der Waals surface area contributed by atoms with Gasteiger partial charge in [0.1, 0.15) is 0 Å². The number of nitrogens with zero attached hydrogens (tertiary/aromatic N) is 3. The van der Waals surface area contributed by atoms with E-state index in [1.807, 2.05) is 56.4 Å². The highest BCUT2D eigenvalue weighted by molar-refractivity contribution is 7.16. The van der Waals surface area contributed by atoms with Crippen LogP contribution in [0.3, 0.4) is 0 Å². The molecule has 0 saturated heterocycles. The minimum atomic E-state index is 0.904. The SMILES string of the molecule is C/C(=N\N=c1/sc2ccccc2n1C)c1ccccc1. The fraction of sp³-hybridized carbons (Fsp3) is 0.125. The van der Waals surface area contributed by atoms with Crippen LogP contribution < -0.4 is 4.80 Å². The molecule has 0 amide bonds. The summed E-state index contributed by atoms with van der Waals surface area (Å²) >= 11 is 1.65. The van der Waals surface area contributed by atoms with E-state index in [-0.39, 0.29) is 0 Å². The zero-order valence-corrected chi connectivity index (χ0v) is 12.3. The van der Waals surface area contributed by atoms with Gasteiger partial charge in [-0.25, -0.2) is 0 Å². The topological polar surface area (TPSA) is 29.6 Å². The molecule has 0 aliphatic rings. The average molecular weight is 281 g/mol. The van der Waals surface area contributed by atoms with Crippen molar-refractivity contribution in [1.29, 1.82) is 0 Å². The Labute approximate surface area is 121 Å². The van der Waals surface area contributed by atoms with Crippen molar-refractivity contribution < 1.29 is 0 Å². The van der Waals surface area contributed by atoms with E-state index in [1.54, 1.807) is 11.3 Å². The summed E-state index contributed by atoms with van der Waals surface area (Å²) in [6, 6.07) is 18.4. The van der Waals surface area contributed by atoms with Crippen molar-refractivity contribution in [2.75, 3.05) is 0 Å². The molecule has 0 unspecified atom stereocenters. The van der Waals surface area contributed by atoms with E-state index in [0.29, 0.717) is 0 Å². The Bertz CT molecular complexity index is 826. The van der Waals surface area contributed by atoms with Crippen LogP contribution in [0, 0.1) is 0 Å². The summed E-state index contributed by atoms with van der Waals surface area (Å²) in [5.74, 6) is 0. The number of para-hydroxylation sites is 1. The Balaban J connectivity index is 2.05. The lowest BCUT2D eigenvalue weighted by molar-refractivity contribution is 0.888. The molecule has 0 atom stereocenters. The van der Waals surface area contributed by atoms with Crippen LogP contribution in [0.25, 0.3) is 10.2 Å². The predicted molar refractivity (Wildman–Crippen MR) is 85.0 cm³/mol. The van der Waals surface area contributed by atoms with E-state index in [0.717, 1.165) is 16.1 Å². The Hall–Kier alpha value is -2.20. The second kappa shape index (κ2) is 5.43. The molecule has 20 heavy (non-hydrogen) atoms. The Morgan fingerprint density at radius 2 is 1.70 bits per heavy atom. The van der Waals surface area contributed by atoms with E-state index in [4.69, 9.17) is 0 Å². The first-order valence-corrected chi connectivity index (χ1v) is 7.25. The third-order valence-electron chi connectivity index (χ3n) is 3.19. The maximum absolute atomic E-state index is 4.39. The summed E-state index contributed by atoms with van der Waals surface area (Å²) in [5.41, 5.74) is 3.20. The zero-order chi connectivity index (χ0) is 13.9. The predicted octanol–water partition coefficient (Wildman–Crippen LogP) is 3.56.